The summed E-state index contributed by atoms with van der Waals surface area (Å²) in [6.07, 6.45) is 5.37. The molecule has 2 aromatic heterocycles. The van der Waals surface area contributed by atoms with Crippen LogP contribution in [0.1, 0.15) is 43.8 Å². The molecule has 0 radical (unpaired) electrons. The minimum Gasteiger partial charge on any atom is -0.308 e. The standard InChI is InChI=1S/C14H21ClN6/c1-3-12-14(15)13(21(4-2)18-12)9-20-8-11(17-19-20)7-16-10-5-6-10/h8,10,16H,3-7,9H2,1-2H3. The fraction of sp³-hybridized carbons (Fsp3) is 0.643. The highest BCUT2D eigenvalue weighted by Crippen LogP contribution is 2.22. The molecule has 0 amide bonds. The molecule has 114 valence electrons. The highest BCUT2D eigenvalue weighted by molar-refractivity contribution is 6.31. The van der Waals surface area contributed by atoms with Crippen LogP contribution < -0.4 is 5.32 Å². The summed E-state index contributed by atoms with van der Waals surface area (Å²) in [4.78, 5) is 0. The molecule has 0 saturated heterocycles. The van der Waals surface area contributed by atoms with Gasteiger partial charge in [0, 0.05) is 19.1 Å². The maximum absolute atomic E-state index is 6.42. The predicted molar refractivity (Wildman–Crippen MR) is 81.3 cm³/mol. The zero-order chi connectivity index (χ0) is 14.8. The van der Waals surface area contributed by atoms with Gasteiger partial charge in [0.15, 0.2) is 0 Å². The largest absolute Gasteiger partial charge is 0.308 e. The molecule has 21 heavy (non-hydrogen) atoms. The Labute approximate surface area is 129 Å². The molecule has 1 aliphatic carbocycles. The first-order valence-electron chi connectivity index (χ1n) is 7.57. The Morgan fingerprint density at radius 1 is 1.38 bits per heavy atom. The van der Waals surface area contributed by atoms with E-state index in [2.05, 4.69) is 34.6 Å². The molecule has 6 nitrogen and oxygen atoms in total. The van der Waals surface area contributed by atoms with E-state index in [-0.39, 0.29) is 0 Å². The van der Waals surface area contributed by atoms with E-state index in [0.717, 1.165) is 41.6 Å². The van der Waals surface area contributed by atoms with Crippen LogP contribution in [0.2, 0.25) is 5.02 Å². The SMILES string of the molecule is CCc1nn(CC)c(Cn2cc(CNC3CC3)nn2)c1Cl. The lowest BCUT2D eigenvalue weighted by Gasteiger charge is -2.04. The van der Waals surface area contributed by atoms with E-state index in [1.807, 2.05) is 15.6 Å². The van der Waals surface area contributed by atoms with Crippen molar-refractivity contribution in [1.82, 2.24) is 30.1 Å². The summed E-state index contributed by atoms with van der Waals surface area (Å²) in [7, 11) is 0. The summed E-state index contributed by atoms with van der Waals surface area (Å²) in [6.45, 7) is 6.33. The first-order chi connectivity index (χ1) is 10.2. The molecule has 1 saturated carbocycles. The molecule has 0 aliphatic heterocycles. The van der Waals surface area contributed by atoms with E-state index < -0.39 is 0 Å². The monoisotopic (exact) mass is 308 g/mol. The quantitative estimate of drug-likeness (QED) is 0.850. The Bertz CT molecular complexity index is 613. The Morgan fingerprint density at radius 3 is 2.86 bits per heavy atom. The van der Waals surface area contributed by atoms with Gasteiger partial charge in [-0.3, -0.25) is 4.68 Å². The normalized spacial score (nSPS) is 14.8. The maximum Gasteiger partial charge on any atom is 0.0965 e. The number of aryl methyl sites for hydroxylation is 2. The Balaban J connectivity index is 1.71. The molecule has 0 unspecified atom stereocenters. The van der Waals surface area contributed by atoms with Crippen molar-refractivity contribution in [2.45, 2.75) is 58.8 Å². The molecule has 0 aromatic carbocycles. The summed E-state index contributed by atoms with van der Waals surface area (Å²) in [5.41, 5.74) is 2.92. The molecule has 7 heteroatoms. The summed E-state index contributed by atoms with van der Waals surface area (Å²) in [6, 6.07) is 0.679. The van der Waals surface area contributed by atoms with Gasteiger partial charge in [-0.15, -0.1) is 5.10 Å². The molecule has 0 atom stereocenters. The molecule has 1 fully saturated rings. The van der Waals surface area contributed by atoms with Gasteiger partial charge in [0.2, 0.25) is 0 Å². The number of rotatable bonds is 7. The lowest BCUT2D eigenvalue weighted by molar-refractivity contribution is 0.563. The van der Waals surface area contributed by atoms with Gasteiger partial charge in [0.05, 0.1) is 34.8 Å². The average Bonchev–Trinajstić information content (AvgIpc) is 3.14. The van der Waals surface area contributed by atoms with Crippen LogP contribution in [0.4, 0.5) is 0 Å². The molecule has 0 bridgehead atoms. The van der Waals surface area contributed by atoms with Crippen LogP contribution in [0.25, 0.3) is 0 Å². The van der Waals surface area contributed by atoms with E-state index in [1.165, 1.54) is 12.8 Å². The van der Waals surface area contributed by atoms with E-state index in [9.17, 15) is 0 Å². The average molecular weight is 309 g/mol. The van der Waals surface area contributed by atoms with Crippen LogP contribution in [-0.2, 0) is 26.1 Å². The minimum absolute atomic E-state index is 0.607. The Hall–Kier alpha value is -1.40. The summed E-state index contributed by atoms with van der Waals surface area (Å²) in [5.74, 6) is 0. The fourth-order valence-corrected chi connectivity index (χ4v) is 2.68. The molecule has 1 aliphatic rings. The topological polar surface area (TPSA) is 60.6 Å². The lowest BCUT2D eigenvalue weighted by Crippen LogP contribution is -2.15. The van der Waals surface area contributed by atoms with Crippen LogP contribution >= 0.6 is 11.6 Å². The number of aromatic nitrogens is 5. The van der Waals surface area contributed by atoms with Crippen molar-refractivity contribution in [2.24, 2.45) is 0 Å². The second kappa shape index (κ2) is 6.15. The van der Waals surface area contributed by atoms with Crippen molar-refractivity contribution in [1.29, 1.82) is 0 Å². The third-order valence-electron chi connectivity index (χ3n) is 3.74. The van der Waals surface area contributed by atoms with Crippen molar-refractivity contribution < 1.29 is 0 Å². The highest BCUT2D eigenvalue weighted by atomic mass is 35.5. The van der Waals surface area contributed by atoms with E-state index in [4.69, 9.17) is 11.6 Å². The predicted octanol–water partition coefficient (Wildman–Crippen LogP) is 2.01. The van der Waals surface area contributed by atoms with Crippen molar-refractivity contribution in [3.8, 4) is 0 Å². The highest BCUT2D eigenvalue weighted by Gasteiger charge is 2.20. The first-order valence-corrected chi connectivity index (χ1v) is 7.95. The van der Waals surface area contributed by atoms with E-state index in [0.29, 0.717) is 12.6 Å². The van der Waals surface area contributed by atoms with Gasteiger partial charge in [-0.05, 0) is 26.2 Å². The summed E-state index contributed by atoms with van der Waals surface area (Å²) < 4.78 is 3.78. The Kier molecular flexibility index (Phi) is 4.26. The van der Waals surface area contributed by atoms with Crippen LogP contribution in [-0.4, -0.2) is 30.8 Å². The molecule has 2 heterocycles. The zero-order valence-corrected chi connectivity index (χ0v) is 13.3. The van der Waals surface area contributed by atoms with Crippen molar-refractivity contribution >= 4 is 11.6 Å². The first kappa shape index (κ1) is 14.5. The van der Waals surface area contributed by atoms with Crippen LogP contribution in [0, 0.1) is 0 Å². The third-order valence-corrected chi connectivity index (χ3v) is 4.18. The molecule has 2 aromatic rings. The summed E-state index contributed by atoms with van der Waals surface area (Å²) >= 11 is 6.42. The molecular weight excluding hydrogens is 288 g/mol. The maximum atomic E-state index is 6.42. The Morgan fingerprint density at radius 2 is 2.19 bits per heavy atom. The van der Waals surface area contributed by atoms with Crippen LogP contribution in [0.5, 0.6) is 0 Å². The van der Waals surface area contributed by atoms with Crippen molar-refractivity contribution in [3.63, 3.8) is 0 Å². The van der Waals surface area contributed by atoms with Crippen molar-refractivity contribution in [2.75, 3.05) is 0 Å². The number of hydrogen-bond donors (Lipinski definition) is 1. The van der Waals surface area contributed by atoms with Crippen molar-refractivity contribution in [3.05, 3.63) is 28.3 Å². The second-order valence-electron chi connectivity index (χ2n) is 5.44. The van der Waals surface area contributed by atoms with Gasteiger partial charge in [0.25, 0.3) is 0 Å². The number of hydrogen-bond acceptors (Lipinski definition) is 4. The number of halogens is 1. The van der Waals surface area contributed by atoms with Gasteiger partial charge < -0.3 is 5.32 Å². The lowest BCUT2D eigenvalue weighted by atomic mass is 10.3. The van der Waals surface area contributed by atoms with Gasteiger partial charge >= 0.3 is 0 Å². The van der Waals surface area contributed by atoms with Crippen LogP contribution in [0.15, 0.2) is 6.20 Å². The third kappa shape index (κ3) is 3.27. The molecular formula is C14H21ClN6. The molecule has 1 N–H and O–H groups in total. The van der Waals surface area contributed by atoms with Gasteiger partial charge in [0.1, 0.15) is 0 Å². The zero-order valence-electron chi connectivity index (χ0n) is 12.5. The van der Waals surface area contributed by atoms with Gasteiger partial charge in [-0.1, -0.05) is 23.7 Å². The van der Waals surface area contributed by atoms with Gasteiger partial charge in [-0.2, -0.15) is 5.10 Å². The minimum atomic E-state index is 0.607. The fourth-order valence-electron chi connectivity index (χ4n) is 2.35. The number of nitrogens with one attached hydrogen (secondary N) is 1. The molecule has 0 spiro atoms. The van der Waals surface area contributed by atoms with Crippen LogP contribution in [0.3, 0.4) is 0 Å². The second-order valence-corrected chi connectivity index (χ2v) is 5.82. The van der Waals surface area contributed by atoms with E-state index in [1.54, 1.807) is 0 Å². The smallest absolute Gasteiger partial charge is 0.0965 e. The number of nitrogens with zero attached hydrogens (tertiary/aromatic N) is 5. The van der Waals surface area contributed by atoms with Gasteiger partial charge in [-0.25, -0.2) is 4.68 Å². The molecule has 3 rings (SSSR count). The van der Waals surface area contributed by atoms with E-state index >= 15 is 0 Å². The summed E-state index contributed by atoms with van der Waals surface area (Å²) in [5, 5.41) is 17.1.